The molecule has 0 unspecified atom stereocenters. The number of piperazine rings is 1. The second-order valence-corrected chi connectivity index (χ2v) is 8.39. The average Bonchev–Trinajstić information content (AvgIpc) is 3.29. The van der Waals surface area contributed by atoms with Crippen molar-refractivity contribution in [2.24, 2.45) is 0 Å². The van der Waals surface area contributed by atoms with Crippen molar-refractivity contribution < 1.29 is 4.79 Å². The van der Waals surface area contributed by atoms with Crippen molar-refractivity contribution in [2.45, 2.75) is 64.0 Å². The molecule has 28 heavy (non-hydrogen) atoms. The van der Waals surface area contributed by atoms with Gasteiger partial charge in [0.1, 0.15) is 12.1 Å². The average molecular weight is 387 g/mol. The first-order valence-electron chi connectivity index (χ1n) is 11.1. The number of urea groups is 1. The highest BCUT2D eigenvalue weighted by Crippen LogP contribution is 2.26. The third-order valence-electron chi connectivity index (χ3n) is 6.66. The zero-order chi connectivity index (χ0) is 19.3. The van der Waals surface area contributed by atoms with Gasteiger partial charge in [0.15, 0.2) is 0 Å². The minimum Gasteiger partial charge on any atom is -0.353 e. The molecule has 0 radical (unpaired) electrons. The van der Waals surface area contributed by atoms with Crippen LogP contribution in [-0.2, 0) is 6.42 Å². The Balaban J connectivity index is 1.21. The van der Waals surface area contributed by atoms with E-state index in [1.807, 2.05) is 4.90 Å². The molecule has 3 heterocycles. The summed E-state index contributed by atoms with van der Waals surface area (Å²) < 4.78 is 0. The van der Waals surface area contributed by atoms with Gasteiger partial charge in [0.25, 0.3) is 0 Å². The molecule has 1 aromatic rings. The van der Waals surface area contributed by atoms with Crippen LogP contribution in [0, 0.1) is 0 Å². The SMILES string of the molecule is CCc1cc(N2CCN(C(=O)NC3CCN(C4CCCC4)CC3)CC2)ncn1. The van der Waals surface area contributed by atoms with Crippen LogP contribution in [0.3, 0.4) is 0 Å². The van der Waals surface area contributed by atoms with Crippen molar-refractivity contribution in [3.63, 3.8) is 0 Å². The van der Waals surface area contributed by atoms with Crippen molar-refractivity contribution >= 4 is 11.8 Å². The molecule has 7 heteroatoms. The fourth-order valence-electron chi connectivity index (χ4n) is 4.83. The number of anilines is 1. The molecule has 0 aromatic carbocycles. The summed E-state index contributed by atoms with van der Waals surface area (Å²) in [4.78, 5) is 28.3. The Morgan fingerprint density at radius 1 is 1.04 bits per heavy atom. The molecule has 1 N–H and O–H groups in total. The molecular formula is C21H34N6O. The first-order valence-corrected chi connectivity index (χ1v) is 11.1. The van der Waals surface area contributed by atoms with Gasteiger partial charge in [-0.3, -0.25) is 0 Å². The quantitative estimate of drug-likeness (QED) is 0.860. The molecule has 4 rings (SSSR count). The molecule has 1 aromatic heterocycles. The molecule has 3 aliphatic rings. The van der Waals surface area contributed by atoms with Crippen molar-refractivity contribution in [3.05, 3.63) is 18.1 Å². The molecule has 154 valence electrons. The number of hydrogen-bond acceptors (Lipinski definition) is 5. The summed E-state index contributed by atoms with van der Waals surface area (Å²) in [5, 5.41) is 3.29. The molecular weight excluding hydrogens is 352 g/mol. The number of piperidine rings is 1. The van der Waals surface area contributed by atoms with Crippen LogP contribution in [0.1, 0.15) is 51.1 Å². The van der Waals surface area contributed by atoms with Gasteiger partial charge < -0.3 is 20.0 Å². The Morgan fingerprint density at radius 3 is 2.43 bits per heavy atom. The molecule has 0 atom stereocenters. The maximum absolute atomic E-state index is 12.7. The fourth-order valence-corrected chi connectivity index (χ4v) is 4.83. The predicted octanol–water partition coefficient (Wildman–Crippen LogP) is 2.28. The molecule has 2 amide bonds. The monoisotopic (exact) mass is 386 g/mol. The lowest BCUT2D eigenvalue weighted by Gasteiger charge is -2.39. The first-order chi connectivity index (χ1) is 13.7. The van der Waals surface area contributed by atoms with Gasteiger partial charge >= 0.3 is 6.03 Å². The Kier molecular flexibility index (Phi) is 6.29. The second kappa shape index (κ2) is 9.07. The standard InChI is InChI=1S/C21H34N6O/c1-2-17-15-20(23-16-22-17)26-11-13-27(14-12-26)21(28)24-18-7-9-25(10-8-18)19-5-3-4-6-19/h15-16,18-19H,2-14H2,1H3,(H,24,28). The fraction of sp³-hybridized carbons (Fsp3) is 0.762. The van der Waals surface area contributed by atoms with Gasteiger partial charge in [0.2, 0.25) is 0 Å². The van der Waals surface area contributed by atoms with Gasteiger partial charge in [-0.2, -0.15) is 0 Å². The van der Waals surface area contributed by atoms with E-state index in [1.165, 1.54) is 25.7 Å². The Labute approximate surface area is 168 Å². The minimum atomic E-state index is 0.107. The highest BCUT2D eigenvalue weighted by molar-refractivity contribution is 5.75. The largest absolute Gasteiger partial charge is 0.353 e. The third-order valence-corrected chi connectivity index (χ3v) is 6.66. The number of hydrogen-bond donors (Lipinski definition) is 1. The number of likely N-dealkylation sites (tertiary alicyclic amines) is 1. The number of nitrogens with one attached hydrogen (secondary N) is 1. The van der Waals surface area contributed by atoms with Crippen LogP contribution in [0.2, 0.25) is 0 Å². The van der Waals surface area contributed by atoms with E-state index in [2.05, 4.69) is 38.1 Å². The van der Waals surface area contributed by atoms with E-state index >= 15 is 0 Å². The molecule has 1 aliphatic carbocycles. The van der Waals surface area contributed by atoms with E-state index in [4.69, 9.17) is 0 Å². The van der Waals surface area contributed by atoms with Crippen LogP contribution in [-0.4, -0.2) is 77.2 Å². The lowest BCUT2D eigenvalue weighted by atomic mass is 10.0. The Bertz CT molecular complexity index is 646. The van der Waals surface area contributed by atoms with E-state index in [-0.39, 0.29) is 6.03 Å². The summed E-state index contributed by atoms with van der Waals surface area (Å²) in [6.45, 7) is 7.53. The third kappa shape index (κ3) is 4.57. The maximum Gasteiger partial charge on any atom is 0.317 e. The lowest BCUT2D eigenvalue weighted by Crippen LogP contribution is -2.55. The summed E-state index contributed by atoms with van der Waals surface area (Å²) >= 11 is 0. The zero-order valence-corrected chi connectivity index (χ0v) is 17.1. The number of carbonyl (C=O) groups excluding carboxylic acids is 1. The van der Waals surface area contributed by atoms with Crippen molar-refractivity contribution in [3.8, 4) is 0 Å². The summed E-state index contributed by atoms with van der Waals surface area (Å²) in [6.07, 6.45) is 10.2. The molecule has 7 nitrogen and oxygen atoms in total. The molecule has 2 saturated heterocycles. The van der Waals surface area contributed by atoms with Crippen LogP contribution in [0.4, 0.5) is 10.6 Å². The van der Waals surface area contributed by atoms with E-state index in [0.29, 0.717) is 6.04 Å². The molecule has 1 saturated carbocycles. The topological polar surface area (TPSA) is 64.6 Å². The van der Waals surface area contributed by atoms with Gasteiger partial charge in [-0.25, -0.2) is 14.8 Å². The van der Waals surface area contributed by atoms with Crippen molar-refractivity contribution in [2.75, 3.05) is 44.2 Å². The van der Waals surface area contributed by atoms with E-state index < -0.39 is 0 Å². The van der Waals surface area contributed by atoms with E-state index in [0.717, 1.165) is 76.1 Å². The number of nitrogens with zero attached hydrogens (tertiary/aromatic N) is 5. The van der Waals surface area contributed by atoms with Gasteiger partial charge in [0, 0.05) is 63.1 Å². The van der Waals surface area contributed by atoms with Gasteiger partial charge in [0.05, 0.1) is 0 Å². The zero-order valence-electron chi connectivity index (χ0n) is 17.1. The van der Waals surface area contributed by atoms with Crippen molar-refractivity contribution in [1.29, 1.82) is 0 Å². The van der Waals surface area contributed by atoms with Crippen LogP contribution < -0.4 is 10.2 Å². The van der Waals surface area contributed by atoms with E-state index in [1.54, 1.807) is 6.33 Å². The molecule has 2 aliphatic heterocycles. The first kappa shape index (κ1) is 19.4. The Hall–Kier alpha value is -1.89. The number of amides is 2. The van der Waals surface area contributed by atoms with Gasteiger partial charge in [-0.05, 0) is 32.1 Å². The number of aryl methyl sites for hydroxylation is 1. The van der Waals surface area contributed by atoms with Crippen LogP contribution >= 0.6 is 0 Å². The number of carbonyl (C=O) groups is 1. The lowest BCUT2D eigenvalue weighted by molar-refractivity contribution is 0.139. The number of aromatic nitrogens is 2. The summed E-state index contributed by atoms with van der Waals surface area (Å²) in [5.74, 6) is 0.978. The predicted molar refractivity (Wildman–Crippen MR) is 111 cm³/mol. The second-order valence-electron chi connectivity index (χ2n) is 8.39. The smallest absolute Gasteiger partial charge is 0.317 e. The van der Waals surface area contributed by atoms with Gasteiger partial charge in [-0.15, -0.1) is 0 Å². The highest BCUT2D eigenvalue weighted by atomic mass is 16.2. The maximum atomic E-state index is 12.7. The van der Waals surface area contributed by atoms with Crippen molar-refractivity contribution in [1.82, 2.24) is 25.1 Å². The van der Waals surface area contributed by atoms with E-state index in [9.17, 15) is 4.79 Å². The van der Waals surface area contributed by atoms with Crippen LogP contribution in [0.25, 0.3) is 0 Å². The molecule has 0 bridgehead atoms. The Morgan fingerprint density at radius 2 is 1.75 bits per heavy atom. The molecule has 0 spiro atoms. The summed E-state index contributed by atoms with van der Waals surface area (Å²) in [5.41, 5.74) is 1.06. The van der Waals surface area contributed by atoms with Crippen LogP contribution in [0.15, 0.2) is 12.4 Å². The number of rotatable bonds is 4. The highest BCUT2D eigenvalue weighted by Gasteiger charge is 2.29. The van der Waals surface area contributed by atoms with Gasteiger partial charge in [-0.1, -0.05) is 19.8 Å². The minimum absolute atomic E-state index is 0.107. The summed E-state index contributed by atoms with van der Waals surface area (Å²) in [6, 6.07) is 3.31. The molecule has 3 fully saturated rings. The normalized spacial score (nSPS) is 22.6. The van der Waals surface area contributed by atoms with Crippen LogP contribution in [0.5, 0.6) is 0 Å². The summed E-state index contributed by atoms with van der Waals surface area (Å²) in [7, 11) is 0.